The van der Waals surface area contributed by atoms with Crippen LogP contribution < -0.4 is 11.1 Å². The molecule has 15 heavy (non-hydrogen) atoms. The Balaban J connectivity index is 2.66. The second-order valence-corrected chi connectivity index (χ2v) is 4.90. The molecule has 0 atom stereocenters. The second kappa shape index (κ2) is 5.35. The van der Waals surface area contributed by atoms with Gasteiger partial charge in [0, 0.05) is 6.54 Å². The van der Waals surface area contributed by atoms with E-state index < -0.39 is 0 Å². The van der Waals surface area contributed by atoms with Gasteiger partial charge in [0.05, 0.1) is 16.4 Å². The van der Waals surface area contributed by atoms with E-state index in [1.165, 1.54) is 0 Å². The number of rotatable bonds is 4. The summed E-state index contributed by atoms with van der Waals surface area (Å²) in [6, 6.07) is 0. The summed E-state index contributed by atoms with van der Waals surface area (Å²) in [4.78, 5) is 4.25. The Hall–Kier alpha value is -0.770. The third-order valence-corrected chi connectivity index (χ3v) is 3.29. The maximum atomic E-state index is 5.75. The molecule has 1 aromatic heterocycles. The average molecular weight is 272 g/mol. The molecule has 0 saturated carbocycles. The van der Waals surface area contributed by atoms with Gasteiger partial charge in [0.15, 0.2) is 0 Å². The number of halogens is 1. The highest BCUT2D eigenvalue weighted by molar-refractivity contribution is 9.10. The highest BCUT2D eigenvalue weighted by Crippen LogP contribution is 2.27. The van der Waals surface area contributed by atoms with Crippen LogP contribution in [0.25, 0.3) is 0 Å². The number of nitrogens with zero attached hydrogens (tertiary/aromatic N) is 1. The second-order valence-electron chi connectivity index (χ2n) is 4.11. The van der Waals surface area contributed by atoms with Crippen LogP contribution in [0.2, 0.25) is 0 Å². The molecule has 0 aromatic carbocycles. The molecule has 1 rings (SSSR count). The van der Waals surface area contributed by atoms with E-state index in [0.717, 1.165) is 34.5 Å². The van der Waals surface area contributed by atoms with Gasteiger partial charge in [-0.25, -0.2) is 4.98 Å². The number of hydrogen-bond acceptors (Lipinski definition) is 3. The van der Waals surface area contributed by atoms with E-state index in [9.17, 15) is 0 Å². The van der Waals surface area contributed by atoms with Crippen molar-refractivity contribution in [3.63, 3.8) is 0 Å². The lowest BCUT2D eigenvalue weighted by Crippen LogP contribution is -2.07. The van der Waals surface area contributed by atoms with Crippen LogP contribution >= 0.6 is 15.9 Å². The zero-order chi connectivity index (χ0) is 11.4. The Kier molecular flexibility index (Phi) is 4.39. The smallest absolute Gasteiger partial charge is 0.140 e. The molecule has 0 spiro atoms. The summed E-state index contributed by atoms with van der Waals surface area (Å²) >= 11 is 3.49. The summed E-state index contributed by atoms with van der Waals surface area (Å²) in [5.74, 6) is 1.58. The first-order valence-corrected chi connectivity index (χ1v) is 5.96. The molecule has 0 saturated heterocycles. The summed E-state index contributed by atoms with van der Waals surface area (Å²) in [6.45, 7) is 7.33. The summed E-state index contributed by atoms with van der Waals surface area (Å²) < 4.78 is 0.964. The van der Waals surface area contributed by atoms with Crippen molar-refractivity contribution in [1.82, 2.24) is 4.98 Å². The zero-order valence-electron chi connectivity index (χ0n) is 9.47. The lowest BCUT2D eigenvalue weighted by molar-refractivity contribution is 0.606. The molecule has 3 N–H and O–H groups in total. The first-order valence-electron chi connectivity index (χ1n) is 5.16. The summed E-state index contributed by atoms with van der Waals surface area (Å²) in [7, 11) is 0. The van der Waals surface area contributed by atoms with Gasteiger partial charge in [-0.15, -0.1) is 0 Å². The maximum absolute atomic E-state index is 5.75. The predicted octanol–water partition coefficient (Wildman–Crippen LogP) is 3.19. The van der Waals surface area contributed by atoms with Crippen LogP contribution in [0.4, 0.5) is 11.5 Å². The number of nitrogen functional groups attached to an aromatic ring is 1. The van der Waals surface area contributed by atoms with Crippen LogP contribution in [0.3, 0.4) is 0 Å². The largest absolute Gasteiger partial charge is 0.397 e. The molecule has 0 unspecified atom stereocenters. The van der Waals surface area contributed by atoms with Crippen LogP contribution in [-0.4, -0.2) is 11.5 Å². The highest BCUT2D eigenvalue weighted by atomic mass is 79.9. The Morgan fingerprint density at radius 3 is 2.80 bits per heavy atom. The summed E-state index contributed by atoms with van der Waals surface area (Å²) in [6.07, 6.45) is 2.83. The van der Waals surface area contributed by atoms with Crippen molar-refractivity contribution in [3.8, 4) is 0 Å². The first kappa shape index (κ1) is 12.3. The number of aromatic nitrogens is 1. The number of nitrogens with two attached hydrogens (primary N) is 1. The van der Waals surface area contributed by atoms with Gasteiger partial charge in [-0.2, -0.15) is 0 Å². The highest BCUT2D eigenvalue weighted by Gasteiger charge is 2.06. The molecule has 0 radical (unpaired) electrons. The van der Waals surface area contributed by atoms with E-state index in [-0.39, 0.29) is 0 Å². The van der Waals surface area contributed by atoms with Gasteiger partial charge in [-0.1, -0.05) is 13.8 Å². The summed E-state index contributed by atoms with van der Waals surface area (Å²) in [5, 5.41) is 3.30. The fourth-order valence-electron chi connectivity index (χ4n) is 1.19. The minimum atomic E-state index is 0.700. The third-order valence-electron chi connectivity index (χ3n) is 2.32. The molecule has 0 aliphatic carbocycles. The molecule has 1 heterocycles. The van der Waals surface area contributed by atoms with Gasteiger partial charge < -0.3 is 11.1 Å². The summed E-state index contributed by atoms with van der Waals surface area (Å²) in [5.41, 5.74) is 7.50. The molecule has 0 fully saturated rings. The molecule has 0 aliphatic heterocycles. The molecular formula is C11H18BrN3. The van der Waals surface area contributed by atoms with E-state index in [1.54, 1.807) is 6.20 Å². The van der Waals surface area contributed by atoms with Crippen LogP contribution in [0, 0.1) is 12.8 Å². The Bertz CT molecular complexity index is 337. The fourth-order valence-corrected chi connectivity index (χ4v) is 1.67. The SMILES string of the molecule is Cc1c(N)cnc(NCCC(C)C)c1Br. The van der Waals surface area contributed by atoms with E-state index in [2.05, 4.69) is 40.1 Å². The van der Waals surface area contributed by atoms with E-state index in [4.69, 9.17) is 5.73 Å². The van der Waals surface area contributed by atoms with Crippen molar-refractivity contribution in [1.29, 1.82) is 0 Å². The molecule has 84 valence electrons. The van der Waals surface area contributed by atoms with Crippen LogP contribution in [0.15, 0.2) is 10.7 Å². The monoisotopic (exact) mass is 271 g/mol. The van der Waals surface area contributed by atoms with Crippen LogP contribution in [0.1, 0.15) is 25.8 Å². The zero-order valence-corrected chi connectivity index (χ0v) is 11.1. The molecule has 0 amide bonds. The van der Waals surface area contributed by atoms with Crippen molar-refractivity contribution >= 4 is 27.4 Å². The predicted molar refractivity (Wildman–Crippen MR) is 69.0 cm³/mol. The number of nitrogens with one attached hydrogen (secondary N) is 1. The van der Waals surface area contributed by atoms with Gasteiger partial charge in [0.2, 0.25) is 0 Å². The quantitative estimate of drug-likeness (QED) is 0.885. The minimum absolute atomic E-state index is 0.700. The molecular weight excluding hydrogens is 254 g/mol. The van der Waals surface area contributed by atoms with E-state index in [0.29, 0.717) is 5.92 Å². The number of hydrogen-bond donors (Lipinski definition) is 2. The Morgan fingerprint density at radius 1 is 1.53 bits per heavy atom. The molecule has 1 aromatic rings. The fraction of sp³-hybridized carbons (Fsp3) is 0.545. The van der Waals surface area contributed by atoms with Gasteiger partial charge >= 0.3 is 0 Å². The lowest BCUT2D eigenvalue weighted by Gasteiger charge is -2.11. The standard InChI is InChI=1S/C11H18BrN3/c1-7(2)4-5-14-11-10(12)8(3)9(13)6-15-11/h6-7H,4-5,13H2,1-3H3,(H,14,15). The van der Waals surface area contributed by atoms with Crippen LogP contribution in [-0.2, 0) is 0 Å². The van der Waals surface area contributed by atoms with Crippen LogP contribution in [0.5, 0.6) is 0 Å². The van der Waals surface area contributed by atoms with Crippen molar-refractivity contribution < 1.29 is 0 Å². The van der Waals surface area contributed by atoms with Gasteiger partial charge in [-0.05, 0) is 40.8 Å². The molecule has 3 nitrogen and oxygen atoms in total. The van der Waals surface area contributed by atoms with Gasteiger partial charge in [0.25, 0.3) is 0 Å². The van der Waals surface area contributed by atoms with Crippen molar-refractivity contribution in [2.75, 3.05) is 17.6 Å². The topological polar surface area (TPSA) is 50.9 Å². The van der Waals surface area contributed by atoms with Gasteiger partial charge in [-0.3, -0.25) is 0 Å². The van der Waals surface area contributed by atoms with E-state index >= 15 is 0 Å². The molecule has 4 heteroatoms. The third kappa shape index (κ3) is 3.38. The van der Waals surface area contributed by atoms with Crippen molar-refractivity contribution in [2.24, 2.45) is 5.92 Å². The maximum Gasteiger partial charge on any atom is 0.140 e. The first-order chi connectivity index (χ1) is 7.02. The van der Waals surface area contributed by atoms with Gasteiger partial charge in [0.1, 0.15) is 5.82 Å². The normalized spacial score (nSPS) is 10.7. The molecule has 0 aliphatic rings. The molecule has 0 bridgehead atoms. The lowest BCUT2D eigenvalue weighted by atomic mass is 10.1. The van der Waals surface area contributed by atoms with Crippen molar-refractivity contribution in [2.45, 2.75) is 27.2 Å². The van der Waals surface area contributed by atoms with Crippen molar-refractivity contribution in [3.05, 3.63) is 16.2 Å². The number of pyridine rings is 1. The number of anilines is 2. The minimum Gasteiger partial charge on any atom is -0.397 e. The average Bonchev–Trinajstić information content (AvgIpc) is 2.18. The Morgan fingerprint density at radius 2 is 2.20 bits per heavy atom. The Labute approximate surface area is 99.6 Å². The van der Waals surface area contributed by atoms with E-state index in [1.807, 2.05) is 6.92 Å².